The highest BCUT2D eigenvalue weighted by Crippen LogP contribution is 2.40. The molecule has 20 heavy (non-hydrogen) atoms. The van der Waals surface area contributed by atoms with Crippen LogP contribution in [0.25, 0.3) is 0 Å². The van der Waals surface area contributed by atoms with Crippen molar-refractivity contribution >= 4 is 33.2 Å². The maximum absolute atomic E-state index is 12.9. The molecule has 1 aliphatic carbocycles. The van der Waals surface area contributed by atoms with Gasteiger partial charge in [-0.05, 0) is 64.5 Å². The highest BCUT2D eigenvalue weighted by molar-refractivity contribution is 9.10. The zero-order chi connectivity index (χ0) is 14.1. The van der Waals surface area contributed by atoms with E-state index in [4.69, 9.17) is 11.6 Å². The van der Waals surface area contributed by atoms with Crippen molar-refractivity contribution in [3.8, 4) is 0 Å². The molecule has 0 aliphatic heterocycles. The quantitative estimate of drug-likeness (QED) is 0.756. The predicted octanol–water partition coefficient (Wildman–Crippen LogP) is 5.60. The van der Waals surface area contributed by atoms with E-state index in [0.29, 0.717) is 17.0 Å². The van der Waals surface area contributed by atoms with Crippen molar-refractivity contribution in [1.29, 1.82) is 0 Å². The molecule has 0 radical (unpaired) electrons. The second-order valence-corrected chi connectivity index (χ2v) is 6.36. The first-order valence-electron chi connectivity index (χ1n) is 6.59. The van der Waals surface area contributed by atoms with Gasteiger partial charge in [0.1, 0.15) is 5.82 Å². The van der Waals surface area contributed by atoms with E-state index in [1.54, 1.807) is 0 Å². The summed E-state index contributed by atoms with van der Waals surface area (Å²) in [6.07, 6.45) is 2.12. The van der Waals surface area contributed by atoms with Crippen LogP contribution < -0.4 is 5.32 Å². The topological polar surface area (TPSA) is 12.0 Å². The van der Waals surface area contributed by atoms with Gasteiger partial charge in [0.05, 0.1) is 15.2 Å². The first-order valence-corrected chi connectivity index (χ1v) is 7.76. The average Bonchev–Trinajstić information content (AvgIpc) is 2.39. The van der Waals surface area contributed by atoms with Crippen molar-refractivity contribution < 1.29 is 4.39 Å². The van der Waals surface area contributed by atoms with Crippen LogP contribution in [0.5, 0.6) is 0 Å². The molecule has 0 amide bonds. The van der Waals surface area contributed by atoms with Crippen LogP contribution >= 0.6 is 27.5 Å². The van der Waals surface area contributed by atoms with Gasteiger partial charge < -0.3 is 5.32 Å². The SMILES string of the molecule is Fc1ccc(C2CC(Nc3cccc(Cl)c3Br)C2)cc1. The minimum Gasteiger partial charge on any atom is -0.381 e. The first kappa shape index (κ1) is 13.9. The van der Waals surface area contributed by atoms with Gasteiger partial charge in [-0.15, -0.1) is 0 Å². The summed E-state index contributed by atoms with van der Waals surface area (Å²) in [4.78, 5) is 0. The van der Waals surface area contributed by atoms with E-state index in [9.17, 15) is 4.39 Å². The van der Waals surface area contributed by atoms with E-state index in [2.05, 4.69) is 21.2 Å². The number of anilines is 1. The summed E-state index contributed by atoms with van der Waals surface area (Å²) in [6, 6.07) is 13.1. The average molecular weight is 355 g/mol. The summed E-state index contributed by atoms with van der Waals surface area (Å²) in [5.41, 5.74) is 2.25. The fourth-order valence-corrected chi connectivity index (χ4v) is 3.13. The third-order valence-electron chi connectivity index (χ3n) is 3.79. The molecule has 1 N–H and O–H groups in total. The van der Waals surface area contributed by atoms with Gasteiger partial charge in [-0.25, -0.2) is 4.39 Å². The van der Waals surface area contributed by atoms with Gasteiger partial charge in [-0.2, -0.15) is 0 Å². The van der Waals surface area contributed by atoms with E-state index in [0.717, 1.165) is 23.0 Å². The second-order valence-electron chi connectivity index (χ2n) is 5.16. The van der Waals surface area contributed by atoms with Gasteiger partial charge in [0, 0.05) is 6.04 Å². The fraction of sp³-hybridized carbons (Fsp3) is 0.250. The van der Waals surface area contributed by atoms with Crippen LogP contribution in [0, 0.1) is 5.82 Å². The Morgan fingerprint density at radius 1 is 1.10 bits per heavy atom. The van der Waals surface area contributed by atoms with Crippen molar-refractivity contribution in [3.05, 3.63) is 63.3 Å². The second kappa shape index (κ2) is 5.74. The lowest BCUT2D eigenvalue weighted by molar-refractivity contribution is 0.374. The van der Waals surface area contributed by atoms with E-state index in [-0.39, 0.29) is 5.82 Å². The maximum atomic E-state index is 12.9. The number of halogens is 3. The predicted molar refractivity (Wildman–Crippen MR) is 84.9 cm³/mol. The van der Waals surface area contributed by atoms with Gasteiger partial charge >= 0.3 is 0 Å². The Labute approximate surface area is 131 Å². The van der Waals surface area contributed by atoms with E-state index < -0.39 is 0 Å². The zero-order valence-corrected chi connectivity index (χ0v) is 13.1. The third-order valence-corrected chi connectivity index (χ3v) is 5.19. The van der Waals surface area contributed by atoms with Crippen molar-refractivity contribution in [2.45, 2.75) is 24.8 Å². The number of hydrogen-bond donors (Lipinski definition) is 1. The summed E-state index contributed by atoms with van der Waals surface area (Å²) >= 11 is 9.57. The summed E-state index contributed by atoms with van der Waals surface area (Å²) in [5.74, 6) is 0.344. The van der Waals surface area contributed by atoms with Crippen LogP contribution in [0.2, 0.25) is 5.02 Å². The Hall–Kier alpha value is -1.06. The Balaban J connectivity index is 1.61. The zero-order valence-electron chi connectivity index (χ0n) is 10.7. The Morgan fingerprint density at radius 2 is 1.80 bits per heavy atom. The van der Waals surface area contributed by atoms with Crippen LogP contribution in [0.3, 0.4) is 0 Å². The minimum absolute atomic E-state index is 0.175. The summed E-state index contributed by atoms with van der Waals surface area (Å²) in [6.45, 7) is 0. The molecule has 0 atom stereocenters. The van der Waals surface area contributed by atoms with Crippen molar-refractivity contribution in [2.24, 2.45) is 0 Å². The minimum atomic E-state index is -0.175. The van der Waals surface area contributed by atoms with Crippen molar-refractivity contribution in [1.82, 2.24) is 0 Å². The molecule has 1 aliphatic rings. The molecule has 0 spiro atoms. The molecule has 1 saturated carbocycles. The van der Waals surface area contributed by atoms with Gasteiger partial charge in [-0.3, -0.25) is 0 Å². The molecule has 2 aromatic rings. The summed E-state index contributed by atoms with van der Waals surface area (Å²) in [7, 11) is 0. The summed E-state index contributed by atoms with van der Waals surface area (Å²) < 4.78 is 13.8. The van der Waals surface area contributed by atoms with E-state index in [1.807, 2.05) is 30.3 Å². The van der Waals surface area contributed by atoms with Crippen LogP contribution in [0.1, 0.15) is 24.3 Å². The molecular weight excluding hydrogens is 341 g/mol. The van der Waals surface area contributed by atoms with E-state index in [1.165, 1.54) is 17.7 Å². The highest BCUT2D eigenvalue weighted by atomic mass is 79.9. The number of benzene rings is 2. The maximum Gasteiger partial charge on any atom is 0.123 e. The Kier molecular flexibility index (Phi) is 3.99. The Bertz CT molecular complexity index is 608. The van der Waals surface area contributed by atoms with Crippen LogP contribution in [0.15, 0.2) is 46.9 Å². The number of nitrogens with one attached hydrogen (secondary N) is 1. The molecule has 1 fully saturated rings. The smallest absolute Gasteiger partial charge is 0.123 e. The summed E-state index contributed by atoms with van der Waals surface area (Å²) in [5, 5.41) is 4.21. The normalized spacial score (nSPS) is 21.4. The number of hydrogen-bond acceptors (Lipinski definition) is 1. The molecule has 0 aromatic heterocycles. The fourth-order valence-electron chi connectivity index (χ4n) is 2.58. The van der Waals surface area contributed by atoms with Gasteiger partial charge in [0.15, 0.2) is 0 Å². The molecule has 0 unspecified atom stereocenters. The van der Waals surface area contributed by atoms with Crippen LogP contribution in [-0.4, -0.2) is 6.04 Å². The molecule has 0 bridgehead atoms. The Morgan fingerprint density at radius 3 is 2.50 bits per heavy atom. The lowest BCUT2D eigenvalue weighted by atomic mass is 9.76. The van der Waals surface area contributed by atoms with Crippen LogP contribution in [-0.2, 0) is 0 Å². The third kappa shape index (κ3) is 2.84. The monoisotopic (exact) mass is 353 g/mol. The molecule has 3 rings (SSSR count). The van der Waals surface area contributed by atoms with Crippen molar-refractivity contribution in [2.75, 3.05) is 5.32 Å². The molecule has 104 valence electrons. The standard InChI is InChI=1S/C16H14BrClFN/c17-16-14(18)2-1-3-15(16)20-13-8-11(9-13)10-4-6-12(19)7-5-10/h1-7,11,13,20H,8-9H2. The van der Waals surface area contributed by atoms with Crippen LogP contribution in [0.4, 0.5) is 10.1 Å². The highest BCUT2D eigenvalue weighted by Gasteiger charge is 2.30. The van der Waals surface area contributed by atoms with Crippen molar-refractivity contribution in [3.63, 3.8) is 0 Å². The molecule has 0 heterocycles. The lowest BCUT2D eigenvalue weighted by Crippen LogP contribution is -2.34. The molecule has 4 heteroatoms. The van der Waals surface area contributed by atoms with Gasteiger partial charge in [-0.1, -0.05) is 29.8 Å². The largest absolute Gasteiger partial charge is 0.381 e. The van der Waals surface area contributed by atoms with E-state index >= 15 is 0 Å². The molecule has 0 saturated heterocycles. The molecule has 2 aromatic carbocycles. The lowest BCUT2D eigenvalue weighted by Gasteiger charge is -2.37. The van der Waals surface area contributed by atoms with Gasteiger partial charge in [0.25, 0.3) is 0 Å². The first-order chi connectivity index (χ1) is 9.63. The number of rotatable bonds is 3. The molecule has 1 nitrogen and oxygen atoms in total. The molecular formula is C16H14BrClFN. The van der Waals surface area contributed by atoms with Gasteiger partial charge in [0.2, 0.25) is 0 Å².